The van der Waals surface area contributed by atoms with Crippen molar-refractivity contribution >= 4 is 5.69 Å². The highest BCUT2D eigenvalue weighted by atomic mass is 16.6. The quantitative estimate of drug-likeness (QED) is 0.638. The fraction of sp³-hybridized carbons (Fsp3) is 0.417. The molecule has 1 N–H and O–H groups in total. The molecule has 1 aliphatic rings. The van der Waals surface area contributed by atoms with Crippen LogP contribution in [0.1, 0.15) is 5.56 Å². The maximum Gasteiger partial charge on any atom is 0.271 e. The highest BCUT2D eigenvalue weighted by molar-refractivity contribution is 5.50. The van der Waals surface area contributed by atoms with Crippen LogP contribution in [-0.2, 0) is 4.74 Å². The molecule has 0 aliphatic carbocycles. The standard InChI is InChI=1S/C12H13N3O4/c13-6-9-5-10(15(16)17)1-2-12(9)19-8-11-7-14-3-4-18-11/h1-2,5,11,14H,3-4,7-8H2. The third-order valence-electron chi connectivity index (χ3n) is 2.72. The average molecular weight is 263 g/mol. The largest absolute Gasteiger partial charge is 0.489 e. The van der Waals surface area contributed by atoms with Crippen molar-refractivity contribution < 1.29 is 14.4 Å². The molecule has 0 bridgehead atoms. The second-order valence-electron chi connectivity index (χ2n) is 4.06. The summed E-state index contributed by atoms with van der Waals surface area (Å²) in [6, 6.07) is 5.85. The smallest absolute Gasteiger partial charge is 0.271 e. The van der Waals surface area contributed by atoms with Gasteiger partial charge in [0.2, 0.25) is 0 Å². The fourth-order valence-corrected chi connectivity index (χ4v) is 1.75. The van der Waals surface area contributed by atoms with Crippen LogP contribution in [0.3, 0.4) is 0 Å². The molecule has 1 aromatic carbocycles. The number of non-ortho nitro benzene ring substituents is 1. The van der Waals surface area contributed by atoms with Gasteiger partial charge in [0.15, 0.2) is 0 Å². The van der Waals surface area contributed by atoms with E-state index in [4.69, 9.17) is 14.7 Å². The molecule has 100 valence electrons. The van der Waals surface area contributed by atoms with E-state index in [1.165, 1.54) is 18.2 Å². The van der Waals surface area contributed by atoms with Crippen LogP contribution in [0.25, 0.3) is 0 Å². The predicted molar refractivity (Wildman–Crippen MR) is 65.9 cm³/mol. The average Bonchev–Trinajstić information content (AvgIpc) is 2.45. The fourth-order valence-electron chi connectivity index (χ4n) is 1.75. The molecule has 1 heterocycles. The van der Waals surface area contributed by atoms with E-state index in [-0.39, 0.29) is 17.4 Å². The third-order valence-corrected chi connectivity index (χ3v) is 2.72. The Labute approximate surface area is 109 Å². The van der Waals surface area contributed by atoms with Gasteiger partial charge in [0.05, 0.1) is 11.5 Å². The second kappa shape index (κ2) is 6.13. The van der Waals surface area contributed by atoms with Crippen molar-refractivity contribution in [2.75, 3.05) is 26.3 Å². The van der Waals surface area contributed by atoms with Gasteiger partial charge < -0.3 is 14.8 Å². The van der Waals surface area contributed by atoms with Gasteiger partial charge in [0.1, 0.15) is 30.1 Å². The summed E-state index contributed by atoms with van der Waals surface area (Å²) in [4.78, 5) is 10.1. The number of nitro benzene ring substituents is 1. The molecule has 1 aromatic rings. The van der Waals surface area contributed by atoms with Gasteiger partial charge in [0, 0.05) is 25.2 Å². The van der Waals surface area contributed by atoms with E-state index in [2.05, 4.69) is 5.32 Å². The lowest BCUT2D eigenvalue weighted by molar-refractivity contribution is -0.384. The lowest BCUT2D eigenvalue weighted by Gasteiger charge is -2.23. The topological polar surface area (TPSA) is 97.4 Å². The first-order chi connectivity index (χ1) is 9.20. The SMILES string of the molecule is N#Cc1cc([N+](=O)[O-])ccc1OCC1CNCCO1. The number of nitriles is 1. The van der Waals surface area contributed by atoms with E-state index in [0.29, 0.717) is 25.5 Å². The van der Waals surface area contributed by atoms with Gasteiger partial charge in [0.25, 0.3) is 5.69 Å². The number of ether oxygens (including phenoxy) is 2. The molecule has 0 saturated carbocycles. The van der Waals surface area contributed by atoms with Gasteiger partial charge in [-0.2, -0.15) is 5.26 Å². The molecule has 0 aromatic heterocycles. The highest BCUT2D eigenvalue weighted by Gasteiger charge is 2.16. The van der Waals surface area contributed by atoms with E-state index in [1.807, 2.05) is 6.07 Å². The molecule has 7 heteroatoms. The van der Waals surface area contributed by atoms with Crippen LogP contribution in [0.5, 0.6) is 5.75 Å². The number of hydrogen-bond acceptors (Lipinski definition) is 6. The molecule has 1 saturated heterocycles. The minimum absolute atomic E-state index is 0.0736. The number of rotatable bonds is 4. The van der Waals surface area contributed by atoms with Gasteiger partial charge >= 0.3 is 0 Å². The van der Waals surface area contributed by atoms with Crippen molar-refractivity contribution in [1.82, 2.24) is 5.32 Å². The molecule has 0 amide bonds. The van der Waals surface area contributed by atoms with Crippen molar-refractivity contribution in [3.05, 3.63) is 33.9 Å². The molecule has 1 unspecified atom stereocenters. The number of nitrogens with zero attached hydrogens (tertiary/aromatic N) is 2. The van der Waals surface area contributed by atoms with Crippen molar-refractivity contribution in [1.29, 1.82) is 5.26 Å². The third kappa shape index (κ3) is 3.40. The van der Waals surface area contributed by atoms with Crippen LogP contribution in [0.4, 0.5) is 5.69 Å². The molecular weight excluding hydrogens is 250 g/mol. The van der Waals surface area contributed by atoms with Gasteiger partial charge in [-0.3, -0.25) is 10.1 Å². The van der Waals surface area contributed by atoms with Crippen molar-refractivity contribution in [3.8, 4) is 11.8 Å². The molecule has 1 atom stereocenters. The monoisotopic (exact) mass is 263 g/mol. The zero-order valence-corrected chi connectivity index (χ0v) is 10.2. The number of morpholine rings is 1. The van der Waals surface area contributed by atoms with E-state index in [1.54, 1.807) is 0 Å². The van der Waals surface area contributed by atoms with Crippen molar-refractivity contribution in [3.63, 3.8) is 0 Å². The molecule has 1 aliphatic heterocycles. The Bertz CT molecular complexity index is 506. The van der Waals surface area contributed by atoms with Gasteiger partial charge in [-0.25, -0.2) is 0 Å². The zero-order valence-electron chi connectivity index (χ0n) is 10.2. The van der Waals surface area contributed by atoms with Gasteiger partial charge in [-0.15, -0.1) is 0 Å². The second-order valence-corrected chi connectivity index (χ2v) is 4.06. The zero-order chi connectivity index (χ0) is 13.7. The predicted octanol–water partition coefficient (Wildman–Crippen LogP) is 0.834. The first-order valence-corrected chi connectivity index (χ1v) is 5.84. The minimum atomic E-state index is -0.543. The summed E-state index contributed by atoms with van der Waals surface area (Å²) in [6.07, 6.45) is -0.0736. The number of nitrogens with one attached hydrogen (secondary N) is 1. The molecule has 19 heavy (non-hydrogen) atoms. The van der Waals surface area contributed by atoms with Gasteiger partial charge in [-0.05, 0) is 6.07 Å². The van der Waals surface area contributed by atoms with Crippen LogP contribution in [0, 0.1) is 21.4 Å². The van der Waals surface area contributed by atoms with E-state index >= 15 is 0 Å². The highest BCUT2D eigenvalue weighted by Crippen LogP contribution is 2.23. The Morgan fingerprint density at radius 3 is 3.11 bits per heavy atom. The van der Waals surface area contributed by atoms with E-state index in [0.717, 1.165) is 6.54 Å². The Hall–Kier alpha value is -2.17. The lowest BCUT2D eigenvalue weighted by Crippen LogP contribution is -2.41. The van der Waals surface area contributed by atoms with Gasteiger partial charge in [-0.1, -0.05) is 0 Å². The van der Waals surface area contributed by atoms with E-state index < -0.39 is 4.92 Å². The van der Waals surface area contributed by atoms with Crippen molar-refractivity contribution in [2.45, 2.75) is 6.10 Å². The maximum atomic E-state index is 10.6. The van der Waals surface area contributed by atoms with Crippen LogP contribution in [-0.4, -0.2) is 37.3 Å². The summed E-state index contributed by atoms with van der Waals surface area (Å²) in [7, 11) is 0. The first-order valence-electron chi connectivity index (χ1n) is 5.84. The molecule has 0 radical (unpaired) electrons. The van der Waals surface area contributed by atoms with Crippen LogP contribution < -0.4 is 10.1 Å². The van der Waals surface area contributed by atoms with E-state index in [9.17, 15) is 10.1 Å². The molecule has 1 fully saturated rings. The summed E-state index contributed by atoms with van der Waals surface area (Å²) in [5, 5.41) is 22.7. The number of hydrogen-bond donors (Lipinski definition) is 1. The Kier molecular flexibility index (Phi) is 4.28. The first kappa shape index (κ1) is 13.3. The molecule has 0 spiro atoms. The normalized spacial score (nSPS) is 18.6. The summed E-state index contributed by atoms with van der Waals surface area (Å²) in [5.41, 5.74) is 0.0254. The van der Waals surface area contributed by atoms with Crippen LogP contribution in [0.15, 0.2) is 18.2 Å². The Morgan fingerprint density at radius 1 is 1.63 bits per heavy atom. The summed E-state index contributed by atoms with van der Waals surface area (Å²) < 4.78 is 10.9. The summed E-state index contributed by atoms with van der Waals surface area (Å²) in [5.74, 6) is 0.335. The van der Waals surface area contributed by atoms with Crippen LogP contribution >= 0.6 is 0 Å². The Morgan fingerprint density at radius 2 is 2.47 bits per heavy atom. The molecule has 7 nitrogen and oxygen atoms in total. The Balaban J connectivity index is 2.03. The summed E-state index contributed by atoms with van der Waals surface area (Å²) in [6.45, 7) is 2.44. The maximum absolute atomic E-state index is 10.6. The molecular formula is C12H13N3O4. The number of nitro groups is 1. The minimum Gasteiger partial charge on any atom is -0.489 e. The lowest BCUT2D eigenvalue weighted by atomic mass is 10.2. The molecule has 2 rings (SSSR count). The summed E-state index contributed by atoms with van der Waals surface area (Å²) >= 11 is 0. The number of benzene rings is 1. The van der Waals surface area contributed by atoms with Crippen molar-refractivity contribution in [2.24, 2.45) is 0 Å². The van der Waals surface area contributed by atoms with Crippen LogP contribution in [0.2, 0.25) is 0 Å².